The molecule has 0 aliphatic rings. The van der Waals surface area contributed by atoms with Crippen LogP contribution in [-0.2, 0) is 4.74 Å². The lowest BCUT2D eigenvalue weighted by molar-refractivity contribution is -0.384. The van der Waals surface area contributed by atoms with Crippen molar-refractivity contribution in [1.82, 2.24) is 0 Å². The van der Waals surface area contributed by atoms with E-state index >= 15 is 0 Å². The number of halogens is 2. The zero-order valence-corrected chi connectivity index (χ0v) is 11.8. The van der Waals surface area contributed by atoms with Crippen LogP contribution in [0.3, 0.4) is 0 Å². The molecular weight excluding hydrogens is 323 g/mol. The van der Waals surface area contributed by atoms with Crippen LogP contribution in [0.1, 0.15) is 6.42 Å². The predicted octanol–water partition coefficient (Wildman–Crippen LogP) is 2.31. The summed E-state index contributed by atoms with van der Waals surface area (Å²) >= 11 is 2.98. The molecule has 0 saturated carbocycles. The van der Waals surface area contributed by atoms with Gasteiger partial charge in [-0.25, -0.2) is 4.39 Å². The molecular formula is C11H14BrFN2O4. The van der Waals surface area contributed by atoms with Crippen molar-refractivity contribution in [2.75, 3.05) is 25.6 Å². The fourth-order valence-electron chi connectivity index (χ4n) is 1.58. The number of nitro benzene ring substituents is 1. The Bertz CT molecular complexity index is 453. The lowest BCUT2D eigenvalue weighted by Crippen LogP contribution is -2.26. The van der Waals surface area contributed by atoms with Crippen LogP contribution < -0.4 is 5.32 Å². The van der Waals surface area contributed by atoms with Crippen molar-refractivity contribution in [3.05, 3.63) is 32.5 Å². The molecule has 1 rings (SSSR count). The van der Waals surface area contributed by atoms with Crippen molar-refractivity contribution in [1.29, 1.82) is 0 Å². The molecule has 0 amide bonds. The van der Waals surface area contributed by atoms with Crippen molar-refractivity contribution >= 4 is 27.3 Å². The first-order valence-corrected chi connectivity index (χ1v) is 6.28. The standard InChI is InChI=1S/C11H14BrFN2O4/c1-19-6-7(2-3-16)14-10-4-8(12)9(13)5-11(10)15(17)18/h4-5,7,14,16H,2-3,6H2,1H3. The van der Waals surface area contributed by atoms with Crippen LogP contribution in [-0.4, -0.2) is 36.4 Å². The van der Waals surface area contributed by atoms with E-state index < -0.39 is 10.7 Å². The summed E-state index contributed by atoms with van der Waals surface area (Å²) in [5.41, 5.74) is -0.187. The highest BCUT2D eigenvalue weighted by molar-refractivity contribution is 9.10. The number of hydrogen-bond acceptors (Lipinski definition) is 5. The van der Waals surface area contributed by atoms with Gasteiger partial charge in [0.05, 0.1) is 28.1 Å². The van der Waals surface area contributed by atoms with Crippen LogP contribution in [0.5, 0.6) is 0 Å². The van der Waals surface area contributed by atoms with E-state index in [1.165, 1.54) is 13.2 Å². The third-order valence-electron chi connectivity index (χ3n) is 2.44. The second-order valence-corrected chi connectivity index (χ2v) is 4.70. The summed E-state index contributed by atoms with van der Waals surface area (Å²) in [5.74, 6) is -0.706. The number of methoxy groups -OCH3 is 1. The lowest BCUT2D eigenvalue weighted by atomic mass is 10.2. The molecule has 0 saturated heterocycles. The van der Waals surface area contributed by atoms with Gasteiger partial charge in [-0.3, -0.25) is 10.1 Å². The Morgan fingerprint density at radius 2 is 2.32 bits per heavy atom. The highest BCUT2D eigenvalue weighted by Gasteiger charge is 2.20. The van der Waals surface area contributed by atoms with Gasteiger partial charge in [0.15, 0.2) is 0 Å². The number of hydrogen-bond donors (Lipinski definition) is 2. The van der Waals surface area contributed by atoms with Crippen LogP contribution in [0, 0.1) is 15.9 Å². The normalized spacial score (nSPS) is 12.2. The van der Waals surface area contributed by atoms with Crippen LogP contribution in [0.15, 0.2) is 16.6 Å². The predicted molar refractivity (Wildman–Crippen MR) is 71.7 cm³/mol. The quantitative estimate of drug-likeness (QED) is 0.589. The number of benzene rings is 1. The van der Waals surface area contributed by atoms with Crippen molar-refractivity contribution in [3.63, 3.8) is 0 Å². The maximum Gasteiger partial charge on any atom is 0.295 e. The summed E-state index contributed by atoms with van der Waals surface area (Å²) in [7, 11) is 1.49. The first-order chi connectivity index (χ1) is 8.99. The van der Waals surface area contributed by atoms with Crippen molar-refractivity contribution in [2.24, 2.45) is 0 Å². The van der Waals surface area contributed by atoms with E-state index in [9.17, 15) is 14.5 Å². The van der Waals surface area contributed by atoms with Crippen LogP contribution >= 0.6 is 15.9 Å². The Morgan fingerprint density at radius 3 is 2.84 bits per heavy atom. The highest BCUT2D eigenvalue weighted by Crippen LogP contribution is 2.31. The average molecular weight is 337 g/mol. The monoisotopic (exact) mass is 336 g/mol. The molecule has 0 bridgehead atoms. The Labute approximate surface area is 117 Å². The van der Waals surface area contributed by atoms with Gasteiger partial charge in [-0.05, 0) is 28.4 Å². The highest BCUT2D eigenvalue weighted by atomic mass is 79.9. The van der Waals surface area contributed by atoms with Crippen molar-refractivity contribution < 1.29 is 19.2 Å². The number of nitrogens with zero attached hydrogens (tertiary/aromatic N) is 1. The van der Waals surface area contributed by atoms with Gasteiger partial charge in [-0.1, -0.05) is 0 Å². The molecule has 106 valence electrons. The van der Waals surface area contributed by atoms with Gasteiger partial charge in [0.25, 0.3) is 5.69 Å². The molecule has 1 unspecified atom stereocenters. The third-order valence-corrected chi connectivity index (χ3v) is 3.05. The molecule has 6 nitrogen and oxygen atoms in total. The first-order valence-electron chi connectivity index (χ1n) is 5.49. The SMILES string of the molecule is COCC(CCO)Nc1cc(Br)c(F)cc1[N+](=O)[O-]. The van der Waals surface area contributed by atoms with Gasteiger partial charge in [-0.15, -0.1) is 0 Å². The van der Waals surface area contributed by atoms with Gasteiger partial charge >= 0.3 is 0 Å². The fourth-order valence-corrected chi connectivity index (χ4v) is 1.92. The number of aliphatic hydroxyl groups excluding tert-OH is 1. The molecule has 0 fully saturated rings. The zero-order chi connectivity index (χ0) is 14.4. The van der Waals surface area contributed by atoms with Crippen molar-refractivity contribution in [3.8, 4) is 0 Å². The second kappa shape index (κ2) is 7.37. The van der Waals surface area contributed by atoms with Gasteiger partial charge in [0.1, 0.15) is 11.5 Å². The second-order valence-electron chi connectivity index (χ2n) is 3.85. The summed E-state index contributed by atoms with van der Waals surface area (Å²) in [6.07, 6.45) is 0.361. The zero-order valence-electron chi connectivity index (χ0n) is 10.2. The molecule has 1 aromatic rings. The minimum absolute atomic E-state index is 0.0861. The number of anilines is 1. The number of aliphatic hydroxyl groups is 1. The molecule has 2 N–H and O–H groups in total. The summed E-state index contributed by atoms with van der Waals surface area (Å²) in [5, 5.41) is 22.7. The van der Waals surface area contributed by atoms with E-state index in [1.807, 2.05) is 0 Å². The Kier molecular flexibility index (Phi) is 6.13. The number of nitro groups is 1. The summed E-state index contributed by atoms with van der Waals surface area (Å²) in [6, 6.07) is 1.84. The minimum atomic E-state index is -0.706. The average Bonchev–Trinajstić information content (AvgIpc) is 2.33. The van der Waals surface area contributed by atoms with Crippen LogP contribution in [0.4, 0.5) is 15.8 Å². The third kappa shape index (κ3) is 4.41. The van der Waals surface area contributed by atoms with Crippen LogP contribution in [0.25, 0.3) is 0 Å². The number of nitrogens with one attached hydrogen (secondary N) is 1. The molecule has 0 spiro atoms. The first kappa shape index (κ1) is 15.8. The summed E-state index contributed by atoms with van der Waals surface area (Å²) < 4.78 is 18.4. The van der Waals surface area contributed by atoms with E-state index in [1.54, 1.807) is 0 Å². The van der Waals surface area contributed by atoms with E-state index in [-0.39, 0.29) is 35.1 Å². The maximum atomic E-state index is 13.3. The van der Waals surface area contributed by atoms with E-state index in [4.69, 9.17) is 9.84 Å². The van der Waals surface area contributed by atoms with E-state index in [0.717, 1.165) is 6.07 Å². The minimum Gasteiger partial charge on any atom is -0.396 e. The molecule has 1 atom stereocenters. The van der Waals surface area contributed by atoms with E-state index in [2.05, 4.69) is 21.2 Å². The van der Waals surface area contributed by atoms with Gasteiger partial charge < -0.3 is 15.2 Å². The molecule has 0 radical (unpaired) electrons. The topological polar surface area (TPSA) is 84.6 Å². The smallest absolute Gasteiger partial charge is 0.295 e. The number of rotatable bonds is 7. The largest absolute Gasteiger partial charge is 0.396 e. The summed E-state index contributed by atoms with van der Waals surface area (Å²) in [6.45, 7) is 0.184. The summed E-state index contributed by atoms with van der Waals surface area (Å²) in [4.78, 5) is 10.2. The Morgan fingerprint density at radius 1 is 1.63 bits per heavy atom. The Balaban J connectivity index is 3.03. The number of ether oxygens (including phenoxy) is 1. The molecule has 8 heteroatoms. The lowest BCUT2D eigenvalue weighted by Gasteiger charge is -2.18. The molecule has 0 aliphatic heterocycles. The van der Waals surface area contributed by atoms with Gasteiger partial charge in [0.2, 0.25) is 0 Å². The van der Waals surface area contributed by atoms with E-state index in [0.29, 0.717) is 6.42 Å². The Hall–Kier alpha value is -1.25. The molecule has 0 aliphatic carbocycles. The fraction of sp³-hybridized carbons (Fsp3) is 0.455. The molecule has 0 aromatic heterocycles. The molecule has 19 heavy (non-hydrogen) atoms. The van der Waals surface area contributed by atoms with Gasteiger partial charge in [-0.2, -0.15) is 0 Å². The van der Waals surface area contributed by atoms with Crippen molar-refractivity contribution in [2.45, 2.75) is 12.5 Å². The van der Waals surface area contributed by atoms with Crippen LogP contribution in [0.2, 0.25) is 0 Å². The van der Waals surface area contributed by atoms with Gasteiger partial charge in [0, 0.05) is 13.7 Å². The molecule has 1 aromatic carbocycles. The molecule has 0 heterocycles. The maximum absolute atomic E-state index is 13.3.